The molecule has 2 aromatic rings. The zero-order valence-electron chi connectivity index (χ0n) is 13.8. The Bertz CT molecular complexity index is 826. The van der Waals surface area contributed by atoms with Crippen LogP contribution in [0.25, 0.3) is 0 Å². The predicted molar refractivity (Wildman–Crippen MR) is 99.6 cm³/mol. The molecule has 2 rings (SSSR count). The van der Waals surface area contributed by atoms with Crippen molar-refractivity contribution in [3.05, 3.63) is 62.6 Å². The van der Waals surface area contributed by atoms with Crippen molar-refractivity contribution in [2.75, 3.05) is 13.2 Å². The van der Waals surface area contributed by atoms with Crippen molar-refractivity contribution in [1.82, 2.24) is 5.43 Å². The van der Waals surface area contributed by atoms with Crippen LogP contribution < -0.4 is 14.9 Å². The third-order valence-electron chi connectivity index (χ3n) is 3.09. The lowest BCUT2D eigenvalue weighted by molar-refractivity contribution is -0.385. The maximum Gasteiger partial charge on any atom is 0.310 e. The van der Waals surface area contributed by atoms with Crippen molar-refractivity contribution in [3.63, 3.8) is 0 Å². The standard InChI is InChI=1S/C17H16BrN3O5/c1-2-25-15-8-7-13(18)9-12(15)10-19-20-17(22)11-26-16-6-4-3-5-14(16)21(23)24/h3-10H,2,11H2,1H3,(H,20,22)/b19-10+. The quantitative estimate of drug-likeness (QED) is 0.400. The molecule has 0 unspecified atom stereocenters. The molecule has 0 radical (unpaired) electrons. The fourth-order valence-corrected chi connectivity index (χ4v) is 2.37. The molecular weight excluding hydrogens is 406 g/mol. The first-order chi connectivity index (χ1) is 12.5. The van der Waals surface area contributed by atoms with Gasteiger partial charge in [0.25, 0.3) is 5.91 Å². The highest BCUT2D eigenvalue weighted by Crippen LogP contribution is 2.25. The van der Waals surface area contributed by atoms with E-state index in [9.17, 15) is 14.9 Å². The Morgan fingerprint density at radius 1 is 1.27 bits per heavy atom. The van der Waals surface area contributed by atoms with E-state index in [-0.39, 0.29) is 11.4 Å². The van der Waals surface area contributed by atoms with Crippen LogP contribution >= 0.6 is 15.9 Å². The molecule has 8 nitrogen and oxygen atoms in total. The molecule has 0 saturated heterocycles. The normalized spacial score (nSPS) is 10.5. The van der Waals surface area contributed by atoms with E-state index in [2.05, 4.69) is 26.5 Å². The van der Waals surface area contributed by atoms with Gasteiger partial charge in [-0.15, -0.1) is 0 Å². The second-order valence-corrected chi connectivity index (χ2v) is 5.84. The molecule has 0 spiro atoms. The van der Waals surface area contributed by atoms with E-state index in [0.717, 1.165) is 4.47 Å². The fourth-order valence-electron chi connectivity index (χ4n) is 1.99. The maximum absolute atomic E-state index is 11.8. The Morgan fingerprint density at radius 2 is 2.04 bits per heavy atom. The minimum absolute atomic E-state index is 0.0160. The zero-order chi connectivity index (χ0) is 18.9. The summed E-state index contributed by atoms with van der Waals surface area (Å²) >= 11 is 3.36. The second-order valence-electron chi connectivity index (χ2n) is 4.92. The molecule has 0 heterocycles. The van der Waals surface area contributed by atoms with E-state index in [1.165, 1.54) is 24.4 Å². The number of nitro benzene ring substituents is 1. The van der Waals surface area contributed by atoms with E-state index in [1.54, 1.807) is 18.2 Å². The molecule has 0 bridgehead atoms. The van der Waals surface area contributed by atoms with Gasteiger partial charge in [0.2, 0.25) is 0 Å². The number of rotatable bonds is 8. The van der Waals surface area contributed by atoms with E-state index < -0.39 is 17.4 Å². The molecule has 0 fully saturated rings. The molecule has 9 heteroatoms. The summed E-state index contributed by atoms with van der Waals surface area (Å²) in [6.45, 7) is 1.96. The minimum atomic E-state index is -0.575. The van der Waals surface area contributed by atoms with Crippen molar-refractivity contribution < 1.29 is 19.2 Å². The fraction of sp³-hybridized carbons (Fsp3) is 0.176. The summed E-state index contributed by atoms with van der Waals surface area (Å²) in [5.41, 5.74) is 2.78. The molecule has 1 amide bonds. The van der Waals surface area contributed by atoms with Crippen molar-refractivity contribution in [2.24, 2.45) is 5.10 Å². The molecular formula is C17H16BrN3O5. The molecule has 0 aromatic heterocycles. The summed E-state index contributed by atoms with van der Waals surface area (Å²) in [5, 5.41) is 14.7. The number of nitrogens with one attached hydrogen (secondary N) is 1. The van der Waals surface area contributed by atoms with Crippen LogP contribution in [0.3, 0.4) is 0 Å². The largest absolute Gasteiger partial charge is 0.493 e. The summed E-state index contributed by atoms with van der Waals surface area (Å²) < 4.78 is 11.5. The molecule has 0 aliphatic rings. The van der Waals surface area contributed by atoms with Crippen LogP contribution in [0, 0.1) is 10.1 Å². The van der Waals surface area contributed by atoms with Crippen LogP contribution in [-0.4, -0.2) is 30.3 Å². The molecule has 0 atom stereocenters. The number of hydrogen-bond acceptors (Lipinski definition) is 6. The summed E-state index contributed by atoms with van der Waals surface area (Å²) in [5.74, 6) is 0.0967. The molecule has 0 saturated carbocycles. The highest BCUT2D eigenvalue weighted by molar-refractivity contribution is 9.10. The first kappa shape index (κ1) is 19.4. The van der Waals surface area contributed by atoms with Crippen molar-refractivity contribution >= 4 is 33.7 Å². The van der Waals surface area contributed by atoms with Crippen LogP contribution in [0.2, 0.25) is 0 Å². The SMILES string of the molecule is CCOc1ccc(Br)cc1/C=N/NC(=O)COc1ccccc1[N+](=O)[O-]. The smallest absolute Gasteiger partial charge is 0.310 e. The van der Waals surface area contributed by atoms with Gasteiger partial charge >= 0.3 is 5.69 Å². The number of hydrogen-bond donors (Lipinski definition) is 1. The number of ether oxygens (including phenoxy) is 2. The Kier molecular flexibility index (Phi) is 7.10. The number of benzene rings is 2. The van der Waals surface area contributed by atoms with E-state index in [0.29, 0.717) is 17.9 Å². The molecule has 1 N–H and O–H groups in total. The van der Waals surface area contributed by atoms with Crippen LogP contribution in [0.15, 0.2) is 52.0 Å². The lowest BCUT2D eigenvalue weighted by Crippen LogP contribution is -2.24. The zero-order valence-corrected chi connectivity index (χ0v) is 15.4. The van der Waals surface area contributed by atoms with Crippen molar-refractivity contribution in [1.29, 1.82) is 0 Å². The third kappa shape index (κ3) is 5.55. The third-order valence-corrected chi connectivity index (χ3v) is 3.58. The van der Waals surface area contributed by atoms with Crippen LogP contribution in [0.4, 0.5) is 5.69 Å². The number of carbonyl (C=O) groups excluding carboxylic acids is 1. The lowest BCUT2D eigenvalue weighted by Gasteiger charge is -2.07. The molecule has 0 aliphatic heterocycles. The first-order valence-electron chi connectivity index (χ1n) is 7.61. The summed E-state index contributed by atoms with van der Waals surface area (Å²) in [7, 11) is 0. The second kappa shape index (κ2) is 9.52. The highest BCUT2D eigenvalue weighted by Gasteiger charge is 2.14. The van der Waals surface area contributed by atoms with Crippen molar-refractivity contribution in [3.8, 4) is 11.5 Å². The van der Waals surface area contributed by atoms with Gasteiger partial charge in [-0.25, -0.2) is 5.43 Å². The molecule has 26 heavy (non-hydrogen) atoms. The van der Waals surface area contributed by atoms with Gasteiger partial charge in [-0.05, 0) is 31.2 Å². The van der Waals surface area contributed by atoms with Gasteiger partial charge in [0, 0.05) is 16.1 Å². The summed E-state index contributed by atoms with van der Waals surface area (Å²) in [4.78, 5) is 22.1. The Labute approximate surface area is 158 Å². The molecule has 0 aliphatic carbocycles. The number of halogens is 1. The monoisotopic (exact) mass is 421 g/mol. The number of amides is 1. The van der Waals surface area contributed by atoms with E-state index >= 15 is 0 Å². The maximum atomic E-state index is 11.8. The van der Waals surface area contributed by atoms with Gasteiger partial charge in [0.05, 0.1) is 17.7 Å². The van der Waals surface area contributed by atoms with Gasteiger partial charge in [0.15, 0.2) is 12.4 Å². The van der Waals surface area contributed by atoms with Gasteiger partial charge in [-0.1, -0.05) is 28.1 Å². The van der Waals surface area contributed by atoms with Gasteiger partial charge in [-0.2, -0.15) is 5.10 Å². The van der Waals surface area contributed by atoms with Crippen LogP contribution in [0.5, 0.6) is 11.5 Å². The van der Waals surface area contributed by atoms with E-state index in [4.69, 9.17) is 9.47 Å². The first-order valence-corrected chi connectivity index (χ1v) is 8.41. The molecule has 2 aromatic carbocycles. The number of nitrogens with zero attached hydrogens (tertiary/aromatic N) is 2. The van der Waals surface area contributed by atoms with Crippen LogP contribution in [0.1, 0.15) is 12.5 Å². The van der Waals surface area contributed by atoms with Crippen LogP contribution in [-0.2, 0) is 4.79 Å². The van der Waals surface area contributed by atoms with Gasteiger partial charge in [-0.3, -0.25) is 14.9 Å². The number of carbonyl (C=O) groups is 1. The minimum Gasteiger partial charge on any atom is -0.493 e. The number of hydrazone groups is 1. The number of nitro groups is 1. The van der Waals surface area contributed by atoms with Gasteiger partial charge in [0.1, 0.15) is 5.75 Å². The topological polar surface area (TPSA) is 103 Å². The van der Waals surface area contributed by atoms with E-state index in [1.807, 2.05) is 13.0 Å². The molecule has 136 valence electrons. The van der Waals surface area contributed by atoms with Gasteiger partial charge < -0.3 is 9.47 Å². The predicted octanol–water partition coefficient (Wildman–Crippen LogP) is 3.29. The average molecular weight is 422 g/mol. The van der Waals surface area contributed by atoms with Crippen molar-refractivity contribution in [2.45, 2.75) is 6.92 Å². The Morgan fingerprint density at radius 3 is 2.77 bits per heavy atom. The lowest BCUT2D eigenvalue weighted by atomic mass is 10.2. The number of para-hydroxylation sites is 2. The highest BCUT2D eigenvalue weighted by atomic mass is 79.9. The Hall–Kier alpha value is -2.94. The summed E-state index contributed by atoms with van der Waals surface area (Å²) in [6, 6.07) is 11.2. The summed E-state index contributed by atoms with van der Waals surface area (Å²) in [6.07, 6.45) is 1.44. The average Bonchev–Trinajstić information content (AvgIpc) is 2.62. The Balaban J connectivity index is 1.94.